The third-order valence-electron chi connectivity index (χ3n) is 1.62. The SMILES string of the molecule is CCCNC(CSC(C)(C)C)C(=O)O. The van der Waals surface area contributed by atoms with E-state index in [1.807, 2.05) is 6.92 Å². The Morgan fingerprint density at radius 1 is 1.50 bits per heavy atom. The highest BCUT2D eigenvalue weighted by atomic mass is 32.2. The number of hydrogen-bond acceptors (Lipinski definition) is 3. The normalized spacial score (nSPS) is 14.0. The van der Waals surface area contributed by atoms with E-state index >= 15 is 0 Å². The Bertz CT molecular complexity index is 177. The largest absolute Gasteiger partial charge is 0.480 e. The summed E-state index contributed by atoms with van der Waals surface area (Å²) in [7, 11) is 0. The second-order valence-corrected chi connectivity index (χ2v) is 6.12. The Morgan fingerprint density at radius 3 is 2.43 bits per heavy atom. The molecular formula is C10H21NO2S. The van der Waals surface area contributed by atoms with Gasteiger partial charge in [0.25, 0.3) is 0 Å². The van der Waals surface area contributed by atoms with E-state index in [9.17, 15) is 4.79 Å². The fraction of sp³-hybridized carbons (Fsp3) is 0.900. The van der Waals surface area contributed by atoms with E-state index < -0.39 is 12.0 Å². The first-order valence-electron chi connectivity index (χ1n) is 4.97. The summed E-state index contributed by atoms with van der Waals surface area (Å²) in [5.74, 6) is -0.131. The van der Waals surface area contributed by atoms with Crippen molar-refractivity contribution < 1.29 is 9.90 Å². The summed E-state index contributed by atoms with van der Waals surface area (Å²) in [6, 6.07) is -0.417. The maximum absolute atomic E-state index is 10.8. The maximum atomic E-state index is 10.8. The molecule has 14 heavy (non-hydrogen) atoms. The minimum atomic E-state index is -0.754. The molecule has 0 aromatic heterocycles. The van der Waals surface area contributed by atoms with Gasteiger partial charge >= 0.3 is 5.97 Å². The molecule has 1 unspecified atom stereocenters. The maximum Gasteiger partial charge on any atom is 0.321 e. The molecule has 0 bridgehead atoms. The van der Waals surface area contributed by atoms with Gasteiger partial charge in [0.05, 0.1) is 0 Å². The second kappa shape index (κ2) is 6.30. The molecule has 0 aromatic carbocycles. The van der Waals surface area contributed by atoms with E-state index in [2.05, 4.69) is 26.1 Å². The Kier molecular flexibility index (Phi) is 6.20. The van der Waals surface area contributed by atoms with Crippen molar-refractivity contribution >= 4 is 17.7 Å². The van der Waals surface area contributed by atoms with Crippen LogP contribution in [0.3, 0.4) is 0 Å². The molecule has 0 heterocycles. The van der Waals surface area contributed by atoms with Crippen molar-refractivity contribution in [2.45, 2.75) is 44.9 Å². The van der Waals surface area contributed by atoms with Crippen LogP contribution in [0.25, 0.3) is 0 Å². The van der Waals surface area contributed by atoms with E-state index in [1.165, 1.54) is 0 Å². The highest BCUT2D eigenvalue weighted by molar-refractivity contribution is 8.00. The number of thioether (sulfide) groups is 1. The third kappa shape index (κ3) is 7.21. The zero-order valence-corrected chi connectivity index (χ0v) is 10.3. The van der Waals surface area contributed by atoms with Crippen molar-refractivity contribution in [2.24, 2.45) is 0 Å². The number of hydrogen-bond donors (Lipinski definition) is 2. The zero-order chi connectivity index (χ0) is 11.2. The van der Waals surface area contributed by atoms with E-state index in [0.717, 1.165) is 13.0 Å². The first-order chi connectivity index (χ1) is 6.37. The monoisotopic (exact) mass is 219 g/mol. The van der Waals surface area contributed by atoms with Gasteiger partial charge in [0, 0.05) is 10.5 Å². The Labute approximate surface area is 90.7 Å². The number of carbonyl (C=O) groups is 1. The average Bonchev–Trinajstić information content (AvgIpc) is 2.01. The van der Waals surface area contributed by atoms with Gasteiger partial charge in [-0.1, -0.05) is 27.7 Å². The molecule has 0 fully saturated rings. The molecule has 0 radical (unpaired) electrons. The minimum Gasteiger partial charge on any atom is -0.480 e. The van der Waals surface area contributed by atoms with Crippen molar-refractivity contribution in [1.29, 1.82) is 0 Å². The van der Waals surface area contributed by atoms with Crippen LogP contribution in [0.4, 0.5) is 0 Å². The fourth-order valence-corrected chi connectivity index (χ4v) is 1.80. The van der Waals surface area contributed by atoms with Crippen molar-refractivity contribution in [3.8, 4) is 0 Å². The first kappa shape index (κ1) is 13.8. The summed E-state index contributed by atoms with van der Waals surface area (Å²) in [6.45, 7) is 9.08. The Morgan fingerprint density at radius 2 is 2.07 bits per heavy atom. The van der Waals surface area contributed by atoms with Gasteiger partial charge in [-0.2, -0.15) is 11.8 Å². The van der Waals surface area contributed by atoms with Crippen LogP contribution < -0.4 is 5.32 Å². The number of aliphatic carboxylic acids is 1. The molecule has 4 heteroatoms. The van der Waals surface area contributed by atoms with Gasteiger partial charge in [-0.05, 0) is 13.0 Å². The van der Waals surface area contributed by atoms with Crippen LogP contribution in [0.5, 0.6) is 0 Å². The smallest absolute Gasteiger partial charge is 0.321 e. The molecule has 84 valence electrons. The topological polar surface area (TPSA) is 49.3 Å². The van der Waals surface area contributed by atoms with Crippen LogP contribution in [-0.2, 0) is 4.79 Å². The highest BCUT2D eigenvalue weighted by Crippen LogP contribution is 2.23. The van der Waals surface area contributed by atoms with Crippen molar-refractivity contribution in [3.63, 3.8) is 0 Å². The van der Waals surface area contributed by atoms with Crippen molar-refractivity contribution in [3.05, 3.63) is 0 Å². The van der Waals surface area contributed by atoms with Gasteiger partial charge in [0.2, 0.25) is 0 Å². The van der Waals surface area contributed by atoms with Crippen LogP contribution in [0, 0.1) is 0 Å². The quantitative estimate of drug-likeness (QED) is 0.717. The lowest BCUT2D eigenvalue weighted by atomic mass is 10.3. The van der Waals surface area contributed by atoms with E-state index in [4.69, 9.17) is 5.11 Å². The molecule has 0 aromatic rings. The van der Waals surface area contributed by atoms with Crippen LogP contribution in [-0.4, -0.2) is 34.2 Å². The summed E-state index contributed by atoms with van der Waals surface area (Å²) in [6.07, 6.45) is 0.962. The molecule has 0 aliphatic carbocycles. The summed E-state index contributed by atoms with van der Waals surface area (Å²) in [5.41, 5.74) is 0. The molecule has 0 aliphatic heterocycles. The van der Waals surface area contributed by atoms with Crippen LogP contribution in [0.2, 0.25) is 0 Å². The molecular weight excluding hydrogens is 198 g/mol. The molecule has 0 saturated heterocycles. The zero-order valence-electron chi connectivity index (χ0n) is 9.46. The average molecular weight is 219 g/mol. The minimum absolute atomic E-state index is 0.127. The summed E-state index contributed by atoms with van der Waals surface area (Å²) >= 11 is 1.68. The van der Waals surface area contributed by atoms with Gasteiger partial charge in [-0.3, -0.25) is 4.79 Å². The van der Waals surface area contributed by atoms with Gasteiger partial charge in [0.15, 0.2) is 0 Å². The molecule has 3 nitrogen and oxygen atoms in total. The van der Waals surface area contributed by atoms with Crippen molar-refractivity contribution in [2.75, 3.05) is 12.3 Å². The third-order valence-corrected chi connectivity index (χ3v) is 2.99. The van der Waals surface area contributed by atoms with E-state index in [0.29, 0.717) is 5.75 Å². The molecule has 0 amide bonds. The van der Waals surface area contributed by atoms with Gasteiger partial charge in [-0.15, -0.1) is 0 Å². The van der Waals surface area contributed by atoms with E-state index in [1.54, 1.807) is 11.8 Å². The second-order valence-electron chi connectivity index (χ2n) is 4.27. The molecule has 0 saturated carbocycles. The van der Waals surface area contributed by atoms with Crippen LogP contribution in [0.15, 0.2) is 0 Å². The predicted molar refractivity (Wildman–Crippen MR) is 61.9 cm³/mol. The van der Waals surface area contributed by atoms with Gasteiger partial charge in [-0.25, -0.2) is 0 Å². The number of carboxylic acid groups (broad SMARTS) is 1. The van der Waals surface area contributed by atoms with Crippen molar-refractivity contribution in [1.82, 2.24) is 5.32 Å². The molecule has 1 atom stereocenters. The lowest BCUT2D eigenvalue weighted by molar-refractivity contribution is -0.138. The lowest BCUT2D eigenvalue weighted by Crippen LogP contribution is -2.40. The van der Waals surface area contributed by atoms with Gasteiger partial charge < -0.3 is 10.4 Å². The number of rotatable bonds is 6. The first-order valence-corrected chi connectivity index (χ1v) is 5.95. The molecule has 0 spiro atoms. The molecule has 0 aliphatic rings. The standard InChI is InChI=1S/C10H21NO2S/c1-5-6-11-8(9(12)13)7-14-10(2,3)4/h8,11H,5-7H2,1-4H3,(H,12,13). The fourth-order valence-electron chi connectivity index (χ4n) is 0.869. The molecule has 2 N–H and O–H groups in total. The summed E-state index contributed by atoms with van der Waals surface area (Å²) in [4.78, 5) is 10.8. The van der Waals surface area contributed by atoms with Gasteiger partial charge in [0.1, 0.15) is 6.04 Å². The summed E-state index contributed by atoms with van der Waals surface area (Å²) in [5, 5.41) is 11.9. The molecule has 0 rings (SSSR count). The Hall–Kier alpha value is -0.220. The van der Waals surface area contributed by atoms with Crippen LogP contribution in [0.1, 0.15) is 34.1 Å². The Balaban J connectivity index is 3.91. The lowest BCUT2D eigenvalue weighted by Gasteiger charge is -2.21. The number of nitrogens with one attached hydrogen (secondary N) is 1. The van der Waals surface area contributed by atoms with E-state index in [-0.39, 0.29) is 4.75 Å². The van der Waals surface area contributed by atoms with Crippen LogP contribution >= 0.6 is 11.8 Å². The number of carboxylic acids is 1. The predicted octanol–water partition coefficient (Wildman–Crippen LogP) is 1.97. The summed E-state index contributed by atoms with van der Waals surface area (Å²) < 4.78 is 0.127. The highest BCUT2D eigenvalue weighted by Gasteiger charge is 2.20.